The normalized spacial score (nSPS) is 19.8. The molecule has 0 unspecified atom stereocenters. The van der Waals surface area contributed by atoms with E-state index in [2.05, 4.69) is 40.0 Å². The molecule has 0 aliphatic carbocycles. The SMILES string of the molecule is CCC1(CC)CN(Cc2ccc(Br)cc2F)CCCN1. The third-order valence-corrected chi connectivity index (χ3v) is 4.93. The Labute approximate surface area is 129 Å². The zero-order valence-electron chi connectivity index (χ0n) is 12.4. The van der Waals surface area contributed by atoms with Gasteiger partial charge in [-0.2, -0.15) is 0 Å². The van der Waals surface area contributed by atoms with Gasteiger partial charge < -0.3 is 5.32 Å². The van der Waals surface area contributed by atoms with Gasteiger partial charge in [0, 0.05) is 28.7 Å². The van der Waals surface area contributed by atoms with Crippen molar-refractivity contribution in [2.45, 2.75) is 45.2 Å². The van der Waals surface area contributed by atoms with E-state index in [1.54, 1.807) is 6.07 Å². The van der Waals surface area contributed by atoms with E-state index in [9.17, 15) is 4.39 Å². The topological polar surface area (TPSA) is 15.3 Å². The van der Waals surface area contributed by atoms with Crippen molar-refractivity contribution >= 4 is 15.9 Å². The molecule has 1 aliphatic rings. The minimum atomic E-state index is -0.116. The van der Waals surface area contributed by atoms with Gasteiger partial charge in [-0.15, -0.1) is 0 Å². The molecule has 0 radical (unpaired) electrons. The van der Waals surface area contributed by atoms with Gasteiger partial charge in [-0.25, -0.2) is 4.39 Å². The Balaban J connectivity index is 2.11. The lowest BCUT2D eigenvalue weighted by molar-refractivity contribution is 0.189. The van der Waals surface area contributed by atoms with E-state index >= 15 is 0 Å². The molecule has 1 heterocycles. The third kappa shape index (κ3) is 3.80. The van der Waals surface area contributed by atoms with E-state index in [4.69, 9.17) is 0 Å². The van der Waals surface area contributed by atoms with Gasteiger partial charge in [0.25, 0.3) is 0 Å². The van der Waals surface area contributed by atoms with Crippen molar-refractivity contribution in [1.82, 2.24) is 10.2 Å². The maximum absolute atomic E-state index is 14.0. The molecule has 0 spiro atoms. The van der Waals surface area contributed by atoms with Crippen LogP contribution in [0.2, 0.25) is 0 Å². The summed E-state index contributed by atoms with van der Waals surface area (Å²) in [5.74, 6) is -0.116. The highest BCUT2D eigenvalue weighted by molar-refractivity contribution is 9.10. The summed E-state index contributed by atoms with van der Waals surface area (Å²) in [6, 6.07) is 5.36. The van der Waals surface area contributed by atoms with Gasteiger partial charge in [0.05, 0.1) is 0 Å². The van der Waals surface area contributed by atoms with E-state index in [1.807, 2.05) is 12.1 Å². The Hall–Kier alpha value is -0.450. The van der Waals surface area contributed by atoms with Crippen molar-refractivity contribution in [2.75, 3.05) is 19.6 Å². The highest BCUT2D eigenvalue weighted by Gasteiger charge is 2.30. The molecule has 0 amide bonds. The van der Waals surface area contributed by atoms with Crippen molar-refractivity contribution in [3.05, 3.63) is 34.1 Å². The lowest BCUT2D eigenvalue weighted by atomic mass is 9.92. The molecular formula is C16H24BrFN2. The smallest absolute Gasteiger partial charge is 0.128 e. The van der Waals surface area contributed by atoms with Crippen LogP contribution in [0.4, 0.5) is 4.39 Å². The molecule has 1 aliphatic heterocycles. The summed E-state index contributed by atoms with van der Waals surface area (Å²) in [6.45, 7) is 8.25. The Morgan fingerprint density at radius 3 is 2.75 bits per heavy atom. The zero-order valence-corrected chi connectivity index (χ0v) is 14.0. The van der Waals surface area contributed by atoms with E-state index in [0.29, 0.717) is 6.54 Å². The lowest BCUT2D eigenvalue weighted by Gasteiger charge is -2.35. The summed E-state index contributed by atoms with van der Waals surface area (Å²) in [7, 11) is 0. The molecule has 1 aromatic carbocycles. The fourth-order valence-electron chi connectivity index (χ4n) is 2.97. The summed E-state index contributed by atoms with van der Waals surface area (Å²) < 4.78 is 14.8. The maximum Gasteiger partial charge on any atom is 0.128 e. The minimum absolute atomic E-state index is 0.116. The first kappa shape index (κ1) is 15.9. The molecular weight excluding hydrogens is 319 g/mol. The second-order valence-corrected chi connectivity index (χ2v) is 6.63. The van der Waals surface area contributed by atoms with Crippen LogP contribution in [-0.4, -0.2) is 30.1 Å². The predicted octanol–water partition coefficient (Wildman–Crippen LogP) is 3.94. The van der Waals surface area contributed by atoms with E-state index in [0.717, 1.165) is 48.9 Å². The van der Waals surface area contributed by atoms with Crippen LogP contribution in [0.25, 0.3) is 0 Å². The van der Waals surface area contributed by atoms with Crippen molar-refractivity contribution in [3.8, 4) is 0 Å². The molecule has 0 saturated carbocycles. The highest BCUT2D eigenvalue weighted by Crippen LogP contribution is 2.22. The number of hydrogen-bond donors (Lipinski definition) is 1. The first-order valence-corrected chi connectivity index (χ1v) is 8.29. The number of benzene rings is 1. The van der Waals surface area contributed by atoms with Crippen molar-refractivity contribution < 1.29 is 4.39 Å². The summed E-state index contributed by atoms with van der Waals surface area (Å²) in [5, 5.41) is 3.69. The van der Waals surface area contributed by atoms with E-state index < -0.39 is 0 Å². The summed E-state index contributed by atoms with van der Waals surface area (Å²) >= 11 is 3.31. The number of rotatable bonds is 4. The molecule has 1 saturated heterocycles. The third-order valence-electron chi connectivity index (χ3n) is 4.44. The Morgan fingerprint density at radius 2 is 2.10 bits per heavy atom. The fourth-order valence-corrected chi connectivity index (χ4v) is 3.30. The minimum Gasteiger partial charge on any atom is -0.310 e. The molecule has 0 aromatic heterocycles. The summed E-state index contributed by atoms with van der Waals surface area (Å²) in [6.07, 6.45) is 3.35. The largest absolute Gasteiger partial charge is 0.310 e. The van der Waals surface area contributed by atoms with Crippen LogP contribution >= 0.6 is 15.9 Å². The van der Waals surface area contributed by atoms with Crippen molar-refractivity contribution in [3.63, 3.8) is 0 Å². The van der Waals surface area contributed by atoms with Crippen molar-refractivity contribution in [1.29, 1.82) is 0 Å². The van der Waals surface area contributed by atoms with Crippen LogP contribution in [0.3, 0.4) is 0 Å². The van der Waals surface area contributed by atoms with Crippen LogP contribution in [0.5, 0.6) is 0 Å². The molecule has 0 bridgehead atoms. The van der Waals surface area contributed by atoms with Crippen LogP contribution < -0.4 is 5.32 Å². The molecule has 2 nitrogen and oxygen atoms in total. The van der Waals surface area contributed by atoms with Gasteiger partial charge in [0.15, 0.2) is 0 Å². The molecule has 1 fully saturated rings. The molecule has 0 atom stereocenters. The average Bonchev–Trinajstić information content (AvgIpc) is 2.65. The van der Waals surface area contributed by atoms with E-state index in [-0.39, 0.29) is 11.4 Å². The molecule has 1 aromatic rings. The standard InChI is InChI=1S/C16H24BrFN2/c1-3-16(4-2)12-20(9-5-8-19-16)11-13-6-7-14(17)10-15(13)18/h6-7,10,19H,3-5,8-9,11-12H2,1-2H3. The molecule has 4 heteroatoms. The number of hydrogen-bond acceptors (Lipinski definition) is 2. The number of halogens is 2. The Morgan fingerprint density at radius 1 is 1.35 bits per heavy atom. The maximum atomic E-state index is 14.0. The summed E-state index contributed by atoms with van der Waals surface area (Å²) in [4.78, 5) is 2.39. The van der Waals surface area contributed by atoms with Crippen LogP contribution in [0, 0.1) is 5.82 Å². The molecule has 112 valence electrons. The fraction of sp³-hybridized carbons (Fsp3) is 0.625. The number of nitrogens with one attached hydrogen (secondary N) is 1. The number of nitrogens with zero attached hydrogens (tertiary/aromatic N) is 1. The Bertz CT molecular complexity index is 446. The first-order valence-electron chi connectivity index (χ1n) is 7.50. The van der Waals surface area contributed by atoms with Crippen LogP contribution in [0.15, 0.2) is 22.7 Å². The first-order chi connectivity index (χ1) is 9.58. The molecule has 20 heavy (non-hydrogen) atoms. The van der Waals surface area contributed by atoms with Gasteiger partial charge in [-0.3, -0.25) is 4.90 Å². The molecule has 2 rings (SSSR count). The van der Waals surface area contributed by atoms with Gasteiger partial charge in [0.2, 0.25) is 0 Å². The average molecular weight is 343 g/mol. The quantitative estimate of drug-likeness (QED) is 0.891. The second-order valence-electron chi connectivity index (χ2n) is 5.71. The highest BCUT2D eigenvalue weighted by atomic mass is 79.9. The Kier molecular flexibility index (Phi) is 5.58. The van der Waals surface area contributed by atoms with Crippen molar-refractivity contribution in [2.24, 2.45) is 0 Å². The second kappa shape index (κ2) is 7.01. The van der Waals surface area contributed by atoms with Gasteiger partial charge in [-0.1, -0.05) is 35.8 Å². The zero-order chi connectivity index (χ0) is 14.6. The predicted molar refractivity (Wildman–Crippen MR) is 85.3 cm³/mol. The van der Waals surface area contributed by atoms with Crippen LogP contribution in [-0.2, 0) is 6.54 Å². The molecule has 1 N–H and O–H groups in total. The monoisotopic (exact) mass is 342 g/mol. The van der Waals surface area contributed by atoms with E-state index in [1.165, 1.54) is 0 Å². The van der Waals surface area contributed by atoms with Crippen LogP contribution in [0.1, 0.15) is 38.7 Å². The lowest BCUT2D eigenvalue weighted by Crippen LogP contribution is -2.50. The van der Waals surface area contributed by atoms with Gasteiger partial charge in [0.1, 0.15) is 5.82 Å². The van der Waals surface area contributed by atoms with Gasteiger partial charge >= 0.3 is 0 Å². The van der Waals surface area contributed by atoms with Gasteiger partial charge in [-0.05, 0) is 44.5 Å². The summed E-state index contributed by atoms with van der Waals surface area (Å²) in [5.41, 5.74) is 0.971.